The Morgan fingerprint density at radius 3 is 2.95 bits per heavy atom. The minimum absolute atomic E-state index is 0.141. The maximum absolute atomic E-state index is 11.0. The molecular formula is C15H19N3O2. The van der Waals surface area contributed by atoms with Crippen LogP contribution in [0.2, 0.25) is 0 Å². The predicted octanol–water partition coefficient (Wildman–Crippen LogP) is 2.78. The van der Waals surface area contributed by atoms with Gasteiger partial charge in [0.05, 0.1) is 13.3 Å². The van der Waals surface area contributed by atoms with Crippen molar-refractivity contribution in [2.24, 2.45) is 0 Å². The molecule has 0 aliphatic rings. The van der Waals surface area contributed by atoms with Gasteiger partial charge in [-0.25, -0.2) is 0 Å². The van der Waals surface area contributed by atoms with Gasteiger partial charge in [-0.05, 0) is 12.8 Å². The Bertz CT molecular complexity index is 567. The minimum atomic E-state index is -0.141. The van der Waals surface area contributed by atoms with Crippen LogP contribution in [0, 0.1) is 0 Å². The van der Waals surface area contributed by atoms with Crippen LogP contribution in [-0.4, -0.2) is 29.8 Å². The van der Waals surface area contributed by atoms with Crippen LogP contribution in [0.3, 0.4) is 0 Å². The fraction of sp³-hybridized carbons (Fsp3) is 0.400. The number of aromatic nitrogens is 2. The maximum Gasteiger partial charge on any atom is 0.305 e. The molecule has 0 fully saturated rings. The standard InChI is InChI=1S/C15H19N3O2/c1-20-14(19)9-3-2-6-10-16-15-13-8-5-4-7-12(13)11-17-18-15/h4-5,7-8,11H,2-3,6,9-10H2,1H3,(H,16,18). The molecule has 106 valence electrons. The van der Waals surface area contributed by atoms with E-state index in [1.54, 1.807) is 6.20 Å². The van der Waals surface area contributed by atoms with Gasteiger partial charge in [0.15, 0.2) is 5.82 Å². The van der Waals surface area contributed by atoms with E-state index < -0.39 is 0 Å². The molecule has 2 aromatic rings. The number of anilines is 1. The number of unbranched alkanes of at least 4 members (excludes halogenated alkanes) is 2. The Labute approximate surface area is 118 Å². The number of methoxy groups -OCH3 is 1. The summed E-state index contributed by atoms with van der Waals surface area (Å²) in [7, 11) is 1.42. The van der Waals surface area contributed by atoms with Gasteiger partial charge in [-0.1, -0.05) is 30.7 Å². The number of rotatable bonds is 7. The molecular weight excluding hydrogens is 254 g/mol. The molecule has 0 aliphatic heterocycles. The molecule has 1 N–H and O–H groups in total. The highest BCUT2D eigenvalue weighted by Crippen LogP contribution is 2.19. The minimum Gasteiger partial charge on any atom is -0.469 e. The van der Waals surface area contributed by atoms with Gasteiger partial charge in [0.1, 0.15) is 0 Å². The number of ether oxygens (including phenoxy) is 1. The summed E-state index contributed by atoms with van der Waals surface area (Å²) in [5.41, 5.74) is 0. The van der Waals surface area contributed by atoms with E-state index in [9.17, 15) is 4.79 Å². The van der Waals surface area contributed by atoms with Crippen molar-refractivity contribution in [1.82, 2.24) is 10.2 Å². The van der Waals surface area contributed by atoms with Crippen molar-refractivity contribution >= 4 is 22.6 Å². The zero-order valence-electron chi connectivity index (χ0n) is 11.6. The average Bonchev–Trinajstić information content (AvgIpc) is 2.50. The Morgan fingerprint density at radius 1 is 1.25 bits per heavy atom. The third-order valence-corrected chi connectivity index (χ3v) is 3.15. The molecule has 20 heavy (non-hydrogen) atoms. The molecule has 2 rings (SSSR count). The lowest BCUT2D eigenvalue weighted by molar-refractivity contribution is -0.140. The lowest BCUT2D eigenvalue weighted by Crippen LogP contribution is -2.05. The second-order valence-electron chi connectivity index (χ2n) is 4.59. The monoisotopic (exact) mass is 273 g/mol. The molecule has 5 heteroatoms. The lowest BCUT2D eigenvalue weighted by Gasteiger charge is -2.07. The Balaban J connectivity index is 1.77. The highest BCUT2D eigenvalue weighted by molar-refractivity contribution is 5.90. The fourth-order valence-corrected chi connectivity index (χ4v) is 2.04. The van der Waals surface area contributed by atoms with Gasteiger partial charge in [0.25, 0.3) is 0 Å². The Hall–Kier alpha value is -2.17. The van der Waals surface area contributed by atoms with Gasteiger partial charge in [-0.3, -0.25) is 4.79 Å². The van der Waals surface area contributed by atoms with E-state index in [1.165, 1.54) is 7.11 Å². The summed E-state index contributed by atoms with van der Waals surface area (Å²) in [6, 6.07) is 8.03. The van der Waals surface area contributed by atoms with Crippen LogP contribution in [0.25, 0.3) is 10.8 Å². The Morgan fingerprint density at radius 2 is 2.10 bits per heavy atom. The van der Waals surface area contributed by atoms with E-state index in [0.717, 1.165) is 42.4 Å². The number of nitrogens with zero attached hydrogens (tertiary/aromatic N) is 2. The van der Waals surface area contributed by atoms with E-state index in [2.05, 4.69) is 20.3 Å². The summed E-state index contributed by atoms with van der Waals surface area (Å²) in [5.74, 6) is 0.675. The molecule has 0 unspecified atom stereocenters. The number of esters is 1. The molecule has 1 aromatic heterocycles. The van der Waals surface area contributed by atoms with Crippen LogP contribution >= 0.6 is 0 Å². The van der Waals surface area contributed by atoms with Crippen LogP contribution in [0.4, 0.5) is 5.82 Å². The highest BCUT2D eigenvalue weighted by Gasteiger charge is 2.02. The van der Waals surface area contributed by atoms with Gasteiger partial charge >= 0.3 is 5.97 Å². The van der Waals surface area contributed by atoms with Gasteiger partial charge in [0.2, 0.25) is 0 Å². The van der Waals surface area contributed by atoms with Crippen molar-refractivity contribution in [2.45, 2.75) is 25.7 Å². The normalized spacial score (nSPS) is 10.4. The fourth-order valence-electron chi connectivity index (χ4n) is 2.04. The van der Waals surface area contributed by atoms with Crippen molar-refractivity contribution in [3.63, 3.8) is 0 Å². The van der Waals surface area contributed by atoms with Crippen molar-refractivity contribution in [1.29, 1.82) is 0 Å². The van der Waals surface area contributed by atoms with Gasteiger partial charge in [-0.15, -0.1) is 5.10 Å². The average molecular weight is 273 g/mol. The summed E-state index contributed by atoms with van der Waals surface area (Å²) < 4.78 is 4.60. The second-order valence-corrected chi connectivity index (χ2v) is 4.59. The molecule has 0 radical (unpaired) electrons. The van der Waals surface area contributed by atoms with Crippen LogP contribution in [-0.2, 0) is 9.53 Å². The summed E-state index contributed by atoms with van der Waals surface area (Å²) in [6.45, 7) is 0.823. The molecule has 0 spiro atoms. The largest absolute Gasteiger partial charge is 0.469 e. The predicted molar refractivity (Wildman–Crippen MR) is 78.5 cm³/mol. The van der Waals surface area contributed by atoms with Gasteiger partial charge < -0.3 is 10.1 Å². The Kier molecular flexibility index (Phi) is 5.29. The van der Waals surface area contributed by atoms with Crippen molar-refractivity contribution in [3.8, 4) is 0 Å². The number of carbonyl (C=O) groups excluding carboxylic acids is 1. The molecule has 0 bridgehead atoms. The molecule has 0 aliphatic carbocycles. The summed E-state index contributed by atoms with van der Waals surface area (Å²) in [6.07, 6.45) is 5.08. The van der Waals surface area contributed by atoms with Crippen molar-refractivity contribution in [2.75, 3.05) is 19.0 Å². The van der Waals surface area contributed by atoms with E-state index in [4.69, 9.17) is 0 Å². The first kappa shape index (κ1) is 14.2. The van der Waals surface area contributed by atoms with Crippen molar-refractivity contribution in [3.05, 3.63) is 30.5 Å². The number of carbonyl (C=O) groups is 1. The highest BCUT2D eigenvalue weighted by atomic mass is 16.5. The van der Waals surface area contributed by atoms with E-state index in [0.29, 0.717) is 6.42 Å². The summed E-state index contributed by atoms with van der Waals surface area (Å²) in [5, 5.41) is 13.6. The SMILES string of the molecule is COC(=O)CCCCCNc1nncc2ccccc12. The smallest absolute Gasteiger partial charge is 0.305 e. The van der Waals surface area contributed by atoms with Gasteiger partial charge in [0, 0.05) is 23.7 Å². The lowest BCUT2D eigenvalue weighted by atomic mass is 10.2. The quantitative estimate of drug-likeness (QED) is 0.620. The second kappa shape index (κ2) is 7.43. The van der Waals surface area contributed by atoms with Crippen molar-refractivity contribution < 1.29 is 9.53 Å². The topological polar surface area (TPSA) is 64.1 Å². The molecule has 0 atom stereocenters. The number of nitrogens with one attached hydrogen (secondary N) is 1. The molecule has 0 amide bonds. The number of benzene rings is 1. The molecule has 1 heterocycles. The first-order valence-corrected chi connectivity index (χ1v) is 6.82. The van der Waals surface area contributed by atoms with Crippen LogP contribution < -0.4 is 5.32 Å². The molecule has 1 aromatic carbocycles. The zero-order chi connectivity index (χ0) is 14.2. The number of hydrogen-bond acceptors (Lipinski definition) is 5. The molecule has 5 nitrogen and oxygen atoms in total. The molecule has 0 saturated heterocycles. The van der Waals surface area contributed by atoms with Crippen LogP contribution in [0.15, 0.2) is 30.5 Å². The zero-order valence-corrected chi connectivity index (χ0v) is 11.6. The van der Waals surface area contributed by atoms with Crippen LogP contribution in [0.1, 0.15) is 25.7 Å². The third kappa shape index (κ3) is 3.91. The van der Waals surface area contributed by atoms with Crippen LogP contribution in [0.5, 0.6) is 0 Å². The summed E-state index contributed by atoms with van der Waals surface area (Å²) >= 11 is 0. The van der Waals surface area contributed by atoms with E-state index in [-0.39, 0.29) is 5.97 Å². The van der Waals surface area contributed by atoms with E-state index >= 15 is 0 Å². The van der Waals surface area contributed by atoms with Gasteiger partial charge in [-0.2, -0.15) is 5.10 Å². The first-order chi connectivity index (χ1) is 9.81. The number of fused-ring (bicyclic) bond motifs is 1. The molecule has 0 saturated carbocycles. The number of hydrogen-bond donors (Lipinski definition) is 1. The maximum atomic E-state index is 11.0. The first-order valence-electron chi connectivity index (χ1n) is 6.82. The third-order valence-electron chi connectivity index (χ3n) is 3.15. The summed E-state index contributed by atoms with van der Waals surface area (Å²) in [4.78, 5) is 11.0. The van der Waals surface area contributed by atoms with E-state index in [1.807, 2.05) is 24.3 Å².